The van der Waals surface area contributed by atoms with Crippen molar-refractivity contribution in [3.05, 3.63) is 12.7 Å². The molecule has 0 aliphatic carbocycles. The highest BCUT2D eigenvalue weighted by Gasteiger charge is 2.14. The summed E-state index contributed by atoms with van der Waals surface area (Å²) in [5.74, 6) is 1.27. The van der Waals surface area contributed by atoms with E-state index in [1.807, 2.05) is 11.8 Å². The van der Waals surface area contributed by atoms with E-state index < -0.39 is 0 Å². The van der Waals surface area contributed by atoms with Gasteiger partial charge in [-0.15, -0.1) is 18.3 Å². The molecule has 0 aromatic heterocycles. The smallest absolute Gasteiger partial charge is 0.103 e. The van der Waals surface area contributed by atoms with Gasteiger partial charge in [0.2, 0.25) is 0 Å². The van der Waals surface area contributed by atoms with Gasteiger partial charge in [0.25, 0.3) is 0 Å². The molecule has 1 atom stereocenters. The fourth-order valence-electron chi connectivity index (χ4n) is 0.855. The SMILES string of the molecule is C=CCOC1CCCS1. The van der Waals surface area contributed by atoms with E-state index in [1.165, 1.54) is 18.6 Å². The van der Waals surface area contributed by atoms with Gasteiger partial charge in [-0.1, -0.05) is 6.08 Å². The first kappa shape index (κ1) is 7.16. The van der Waals surface area contributed by atoms with Gasteiger partial charge in [-0.05, 0) is 18.6 Å². The van der Waals surface area contributed by atoms with Crippen LogP contribution in [0.25, 0.3) is 0 Å². The first-order chi connectivity index (χ1) is 4.43. The predicted molar refractivity (Wildman–Crippen MR) is 41.6 cm³/mol. The van der Waals surface area contributed by atoms with Crippen LogP contribution in [0.15, 0.2) is 12.7 Å². The molecular weight excluding hydrogens is 132 g/mol. The molecule has 1 fully saturated rings. The second kappa shape index (κ2) is 3.96. The standard InChI is InChI=1S/C7H12OS/c1-2-5-8-7-4-3-6-9-7/h2,7H,1,3-6H2. The average molecular weight is 144 g/mol. The van der Waals surface area contributed by atoms with Gasteiger partial charge in [0.15, 0.2) is 0 Å². The highest BCUT2D eigenvalue weighted by atomic mass is 32.2. The quantitative estimate of drug-likeness (QED) is 0.561. The summed E-state index contributed by atoms with van der Waals surface area (Å²) >= 11 is 1.91. The highest BCUT2D eigenvalue weighted by Crippen LogP contribution is 2.26. The van der Waals surface area contributed by atoms with Gasteiger partial charge in [0.1, 0.15) is 5.44 Å². The molecule has 0 aromatic rings. The van der Waals surface area contributed by atoms with Crippen molar-refractivity contribution in [2.24, 2.45) is 0 Å². The first-order valence-electron chi connectivity index (χ1n) is 3.27. The summed E-state index contributed by atoms with van der Waals surface area (Å²) < 4.78 is 5.40. The van der Waals surface area contributed by atoms with Gasteiger partial charge in [0, 0.05) is 0 Å². The lowest BCUT2D eigenvalue weighted by Crippen LogP contribution is -2.02. The Hall–Kier alpha value is 0.0500. The van der Waals surface area contributed by atoms with Crippen LogP contribution < -0.4 is 0 Å². The zero-order chi connectivity index (χ0) is 6.53. The number of hydrogen-bond donors (Lipinski definition) is 0. The molecule has 1 nitrogen and oxygen atoms in total. The molecule has 1 aliphatic rings. The Morgan fingerprint density at radius 3 is 3.22 bits per heavy atom. The van der Waals surface area contributed by atoms with E-state index in [-0.39, 0.29) is 0 Å². The Labute approximate surface area is 60.5 Å². The Morgan fingerprint density at radius 1 is 1.78 bits per heavy atom. The van der Waals surface area contributed by atoms with Gasteiger partial charge < -0.3 is 4.74 Å². The van der Waals surface area contributed by atoms with Crippen LogP contribution in [0.3, 0.4) is 0 Å². The third kappa shape index (κ3) is 2.41. The van der Waals surface area contributed by atoms with Crippen LogP contribution >= 0.6 is 11.8 Å². The van der Waals surface area contributed by atoms with E-state index in [9.17, 15) is 0 Å². The summed E-state index contributed by atoms with van der Waals surface area (Å²) in [4.78, 5) is 0. The van der Waals surface area contributed by atoms with Crippen LogP contribution in [-0.4, -0.2) is 17.8 Å². The van der Waals surface area contributed by atoms with E-state index in [1.54, 1.807) is 6.08 Å². The first-order valence-corrected chi connectivity index (χ1v) is 4.32. The van der Waals surface area contributed by atoms with Crippen molar-refractivity contribution in [1.82, 2.24) is 0 Å². The lowest BCUT2D eigenvalue weighted by atomic mass is 10.4. The van der Waals surface area contributed by atoms with E-state index in [4.69, 9.17) is 4.74 Å². The topological polar surface area (TPSA) is 9.23 Å². The normalized spacial score (nSPS) is 26.4. The minimum Gasteiger partial charge on any atom is -0.364 e. The molecule has 0 N–H and O–H groups in total. The molecule has 1 saturated heterocycles. The highest BCUT2D eigenvalue weighted by molar-refractivity contribution is 8.00. The van der Waals surface area contributed by atoms with Crippen molar-refractivity contribution in [2.45, 2.75) is 18.3 Å². The molecule has 2 heteroatoms. The van der Waals surface area contributed by atoms with Crippen LogP contribution in [0.1, 0.15) is 12.8 Å². The molecule has 0 saturated carbocycles. The third-order valence-corrected chi connectivity index (χ3v) is 2.56. The van der Waals surface area contributed by atoms with Crippen LogP contribution in [0.4, 0.5) is 0 Å². The minimum atomic E-state index is 0.461. The molecule has 1 unspecified atom stereocenters. The molecular formula is C7H12OS. The van der Waals surface area contributed by atoms with Gasteiger partial charge in [-0.2, -0.15) is 0 Å². The van der Waals surface area contributed by atoms with E-state index in [0.29, 0.717) is 12.0 Å². The summed E-state index contributed by atoms with van der Waals surface area (Å²) in [6, 6.07) is 0. The van der Waals surface area contributed by atoms with Crippen molar-refractivity contribution in [2.75, 3.05) is 12.4 Å². The molecule has 9 heavy (non-hydrogen) atoms. The second-order valence-electron chi connectivity index (χ2n) is 2.06. The van der Waals surface area contributed by atoms with Gasteiger partial charge in [-0.25, -0.2) is 0 Å². The second-order valence-corrected chi connectivity index (χ2v) is 3.33. The molecule has 1 rings (SSSR count). The molecule has 0 amide bonds. The van der Waals surface area contributed by atoms with E-state index in [0.717, 1.165) is 0 Å². The Balaban J connectivity index is 2.04. The third-order valence-electron chi connectivity index (χ3n) is 1.29. The molecule has 0 spiro atoms. The summed E-state index contributed by atoms with van der Waals surface area (Å²) in [5, 5.41) is 0. The van der Waals surface area contributed by atoms with E-state index >= 15 is 0 Å². The van der Waals surface area contributed by atoms with E-state index in [2.05, 4.69) is 6.58 Å². The summed E-state index contributed by atoms with van der Waals surface area (Å²) in [7, 11) is 0. The van der Waals surface area contributed by atoms with Crippen LogP contribution in [-0.2, 0) is 4.74 Å². The fourth-order valence-corrected chi connectivity index (χ4v) is 1.96. The Morgan fingerprint density at radius 2 is 2.67 bits per heavy atom. The Bertz CT molecular complexity index is 86.9. The maximum absolute atomic E-state index is 5.40. The molecule has 52 valence electrons. The van der Waals surface area contributed by atoms with Crippen LogP contribution in [0.2, 0.25) is 0 Å². The molecule has 0 bridgehead atoms. The van der Waals surface area contributed by atoms with Crippen molar-refractivity contribution >= 4 is 11.8 Å². The summed E-state index contributed by atoms with van der Waals surface area (Å²) in [6.07, 6.45) is 4.34. The van der Waals surface area contributed by atoms with Crippen molar-refractivity contribution < 1.29 is 4.74 Å². The maximum atomic E-state index is 5.40. The molecule has 1 aliphatic heterocycles. The van der Waals surface area contributed by atoms with Crippen LogP contribution in [0, 0.1) is 0 Å². The minimum absolute atomic E-state index is 0.461. The maximum Gasteiger partial charge on any atom is 0.103 e. The largest absolute Gasteiger partial charge is 0.364 e. The molecule has 0 aromatic carbocycles. The molecule has 0 radical (unpaired) electrons. The van der Waals surface area contributed by atoms with Gasteiger partial charge >= 0.3 is 0 Å². The molecule has 1 heterocycles. The van der Waals surface area contributed by atoms with Crippen LogP contribution in [0.5, 0.6) is 0 Å². The summed E-state index contributed by atoms with van der Waals surface area (Å²) in [6.45, 7) is 4.29. The number of hydrogen-bond acceptors (Lipinski definition) is 2. The van der Waals surface area contributed by atoms with Gasteiger partial charge in [-0.3, -0.25) is 0 Å². The summed E-state index contributed by atoms with van der Waals surface area (Å²) in [5.41, 5.74) is 0.461. The number of ether oxygens (including phenoxy) is 1. The lowest BCUT2D eigenvalue weighted by Gasteiger charge is -2.06. The zero-order valence-corrected chi connectivity index (χ0v) is 6.32. The fraction of sp³-hybridized carbons (Fsp3) is 0.714. The Kier molecular flexibility index (Phi) is 3.15. The zero-order valence-electron chi connectivity index (χ0n) is 5.51. The van der Waals surface area contributed by atoms with Crippen molar-refractivity contribution in [1.29, 1.82) is 0 Å². The number of thioether (sulfide) groups is 1. The predicted octanol–water partition coefficient (Wildman–Crippen LogP) is 2.04. The number of rotatable bonds is 3. The van der Waals surface area contributed by atoms with Gasteiger partial charge in [0.05, 0.1) is 6.61 Å². The lowest BCUT2D eigenvalue weighted by molar-refractivity contribution is 0.137. The van der Waals surface area contributed by atoms with Crippen molar-refractivity contribution in [3.63, 3.8) is 0 Å². The average Bonchev–Trinajstić information content (AvgIpc) is 2.34. The van der Waals surface area contributed by atoms with Crippen molar-refractivity contribution in [3.8, 4) is 0 Å². The monoisotopic (exact) mass is 144 g/mol.